The van der Waals surface area contributed by atoms with Crippen LogP contribution in [0.15, 0.2) is 47.4 Å². The van der Waals surface area contributed by atoms with Crippen molar-refractivity contribution in [3.8, 4) is 0 Å². The molecule has 2 fully saturated rings. The van der Waals surface area contributed by atoms with E-state index in [4.69, 9.17) is 0 Å². The molecule has 3 heterocycles. The number of fused-ring (bicyclic) bond motifs is 1. The Hall–Kier alpha value is -2.64. The highest BCUT2D eigenvalue weighted by Crippen LogP contribution is 2.36. The van der Waals surface area contributed by atoms with Crippen LogP contribution in [0.3, 0.4) is 0 Å². The maximum absolute atomic E-state index is 13.1. The number of likely N-dealkylation sites (tertiary alicyclic amines) is 2. The van der Waals surface area contributed by atoms with Crippen LogP contribution in [0.25, 0.3) is 0 Å². The van der Waals surface area contributed by atoms with E-state index in [0.717, 1.165) is 27.7 Å². The van der Waals surface area contributed by atoms with Crippen LogP contribution in [0, 0.1) is 0 Å². The molecular formula is C27H31N3O3S. The highest BCUT2D eigenvalue weighted by molar-refractivity contribution is 7.98. The lowest BCUT2D eigenvalue weighted by Crippen LogP contribution is -2.53. The Morgan fingerprint density at radius 2 is 1.68 bits per heavy atom. The van der Waals surface area contributed by atoms with E-state index in [1.165, 1.54) is 50.5 Å². The van der Waals surface area contributed by atoms with Crippen LogP contribution >= 0.6 is 11.8 Å². The van der Waals surface area contributed by atoms with E-state index in [1.807, 2.05) is 12.1 Å². The molecule has 0 aliphatic carbocycles. The fraction of sp³-hybridized carbons (Fsp3) is 0.444. The summed E-state index contributed by atoms with van der Waals surface area (Å²) in [4.78, 5) is 44.1. The first kappa shape index (κ1) is 23.1. The van der Waals surface area contributed by atoms with E-state index in [0.29, 0.717) is 24.9 Å². The summed E-state index contributed by atoms with van der Waals surface area (Å²) in [6.45, 7) is 3.85. The van der Waals surface area contributed by atoms with Crippen molar-refractivity contribution in [3.63, 3.8) is 0 Å². The first-order valence-electron chi connectivity index (χ1n) is 12.2. The molecule has 2 aromatic rings. The molecule has 0 aromatic heterocycles. The molecule has 0 spiro atoms. The van der Waals surface area contributed by atoms with Crippen LogP contribution in [-0.4, -0.2) is 58.6 Å². The van der Waals surface area contributed by atoms with Crippen molar-refractivity contribution in [2.75, 3.05) is 20.1 Å². The van der Waals surface area contributed by atoms with E-state index >= 15 is 0 Å². The van der Waals surface area contributed by atoms with Gasteiger partial charge in [0.05, 0.1) is 0 Å². The van der Waals surface area contributed by atoms with Gasteiger partial charge in [0.25, 0.3) is 11.8 Å². The van der Waals surface area contributed by atoms with Crippen molar-refractivity contribution < 1.29 is 14.4 Å². The third-order valence-corrected chi connectivity index (χ3v) is 8.39. The fourth-order valence-corrected chi connectivity index (χ4v) is 6.22. The smallest absolute Gasteiger partial charge is 0.255 e. The third kappa shape index (κ3) is 4.64. The van der Waals surface area contributed by atoms with E-state index in [2.05, 4.69) is 35.2 Å². The number of likely N-dealkylation sites (N-methyl/N-ethyl adjacent to an activating group) is 1. The van der Waals surface area contributed by atoms with Gasteiger partial charge in [-0.1, -0.05) is 36.8 Å². The number of imide groups is 1. The van der Waals surface area contributed by atoms with E-state index in [1.54, 1.807) is 16.7 Å². The van der Waals surface area contributed by atoms with Crippen molar-refractivity contribution in [3.05, 3.63) is 64.7 Å². The normalized spacial score (nSPS) is 21.3. The van der Waals surface area contributed by atoms with Gasteiger partial charge in [0.1, 0.15) is 6.04 Å². The summed E-state index contributed by atoms with van der Waals surface area (Å²) in [5.74, 6) is 0.259. The summed E-state index contributed by atoms with van der Waals surface area (Å²) >= 11 is 1.73. The molecule has 2 saturated heterocycles. The number of benzene rings is 2. The van der Waals surface area contributed by atoms with Gasteiger partial charge in [0.15, 0.2) is 0 Å². The molecule has 0 N–H and O–H groups in total. The predicted molar refractivity (Wildman–Crippen MR) is 132 cm³/mol. The van der Waals surface area contributed by atoms with Crippen LogP contribution in [0.1, 0.15) is 59.2 Å². The van der Waals surface area contributed by atoms with Gasteiger partial charge in [0.2, 0.25) is 5.91 Å². The second-order valence-electron chi connectivity index (χ2n) is 9.50. The molecule has 5 rings (SSSR count). The van der Waals surface area contributed by atoms with Crippen LogP contribution < -0.4 is 0 Å². The van der Waals surface area contributed by atoms with E-state index < -0.39 is 6.04 Å². The third-order valence-electron chi connectivity index (χ3n) is 7.22. The Kier molecular flexibility index (Phi) is 6.75. The number of thioether (sulfide) groups is 1. The van der Waals surface area contributed by atoms with Crippen LogP contribution in [0.5, 0.6) is 0 Å². The lowest BCUT2D eigenvalue weighted by atomic mass is 10.0. The molecule has 178 valence electrons. The average Bonchev–Trinajstić information content (AvgIpc) is 3.20. The number of amides is 3. The first-order chi connectivity index (χ1) is 16.5. The van der Waals surface area contributed by atoms with Crippen molar-refractivity contribution >= 4 is 29.5 Å². The Labute approximate surface area is 205 Å². The lowest BCUT2D eigenvalue weighted by molar-refractivity contribution is -0.150. The largest absolute Gasteiger partial charge is 0.322 e. The Balaban J connectivity index is 1.24. The first-order valence-corrected chi connectivity index (χ1v) is 13.2. The molecule has 1 atom stereocenters. The number of piperidine rings is 2. The number of hydrogen-bond donors (Lipinski definition) is 0. The second-order valence-corrected chi connectivity index (χ2v) is 10.5. The molecule has 34 heavy (non-hydrogen) atoms. The van der Waals surface area contributed by atoms with Crippen LogP contribution in [-0.2, 0) is 28.4 Å². The zero-order valence-corrected chi connectivity index (χ0v) is 20.5. The predicted octanol–water partition coefficient (Wildman–Crippen LogP) is 4.07. The van der Waals surface area contributed by atoms with E-state index in [-0.39, 0.29) is 17.7 Å². The summed E-state index contributed by atoms with van der Waals surface area (Å²) in [6.07, 6.45) is 4.66. The molecule has 6 nitrogen and oxygen atoms in total. The summed E-state index contributed by atoms with van der Waals surface area (Å²) in [5, 5.41) is 0. The van der Waals surface area contributed by atoms with Gasteiger partial charge in [-0.25, -0.2) is 0 Å². The second kappa shape index (κ2) is 9.92. The van der Waals surface area contributed by atoms with Crippen molar-refractivity contribution in [1.82, 2.24) is 14.7 Å². The van der Waals surface area contributed by atoms with Crippen molar-refractivity contribution in [2.45, 2.75) is 61.9 Å². The number of nitrogens with zero attached hydrogens (tertiary/aromatic N) is 3. The lowest BCUT2D eigenvalue weighted by Gasteiger charge is -2.33. The fourth-order valence-electron chi connectivity index (χ4n) is 5.18. The summed E-state index contributed by atoms with van der Waals surface area (Å²) in [5.41, 5.74) is 4.28. The van der Waals surface area contributed by atoms with Gasteiger partial charge in [-0.3, -0.25) is 24.2 Å². The molecule has 3 aliphatic heterocycles. The molecular weight excluding hydrogens is 446 g/mol. The zero-order valence-electron chi connectivity index (χ0n) is 19.7. The minimum absolute atomic E-state index is 0.111. The monoisotopic (exact) mass is 477 g/mol. The quantitative estimate of drug-likeness (QED) is 0.464. The molecule has 3 amide bonds. The van der Waals surface area contributed by atoms with Crippen molar-refractivity contribution in [1.29, 1.82) is 0 Å². The summed E-state index contributed by atoms with van der Waals surface area (Å²) < 4.78 is 0. The molecule has 0 radical (unpaired) electrons. The van der Waals surface area contributed by atoms with Gasteiger partial charge in [-0.05, 0) is 61.2 Å². The van der Waals surface area contributed by atoms with Crippen LogP contribution in [0.2, 0.25) is 0 Å². The average molecular weight is 478 g/mol. The molecule has 2 aromatic carbocycles. The molecule has 0 bridgehead atoms. The molecule has 7 heteroatoms. The van der Waals surface area contributed by atoms with Gasteiger partial charge in [-0.2, -0.15) is 0 Å². The Bertz CT molecular complexity index is 1090. The standard InChI is InChI=1S/C27H31N3O3S/c1-28-25(31)13-12-23(27(28)33)30-17-22-21(26(30)32)6-5-7-24(22)34-18-20-10-8-19(9-11-20)16-29-14-3-2-4-15-29/h5-11,23H,2-4,12-18H2,1H3. The van der Waals surface area contributed by atoms with Crippen LogP contribution in [0.4, 0.5) is 0 Å². The molecule has 1 unspecified atom stereocenters. The van der Waals surface area contributed by atoms with Gasteiger partial charge in [0, 0.05) is 42.8 Å². The highest BCUT2D eigenvalue weighted by Gasteiger charge is 2.41. The maximum Gasteiger partial charge on any atom is 0.255 e. The zero-order chi connectivity index (χ0) is 23.7. The SMILES string of the molecule is CN1C(=O)CCC(N2Cc3c(SCc4ccc(CN5CCCCC5)cc4)cccc3C2=O)C1=O. The Morgan fingerprint density at radius 3 is 2.44 bits per heavy atom. The minimum Gasteiger partial charge on any atom is -0.322 e. The highest BCUT2D eigenvalue weighted by atomic mass is 32.2. The van der Waals surface area contributed by atoms with E-state index in [9.17, 15) is 14.4 Å². The molecule has 3 aliphatic rings. The summed E-state index contributed by atoms with van der Waals surface area (Å²) in [6, 6.07) is 14.1. The topological polar surface area (TPSA) is 60.9 Å². The summed E-state index contributed by atoms with van der Waals surface area (Å²) in [7, 11) is 1.50. The number of rotatable bonds is 6. The maximum atomic E-state index is 13.1. The molecule has 0 saturated carbocycles. The minimum atomic E-state index is -0.562. The van der Waals surface area contributed by atoms with Gasteiger partial charge < -0.3 is 4.90 Å². The van der Waals surface area contributed by atoms with Gasteiger partial charge >= 0.3 is 0 Å². The number of hydrogen-bond acceptors (Lipinski definition) is 5. The number of carbonyl (C=O) groups excluding carboxylic acids is 3. The number of carbonyl (C=O) groups is 3. The Morgan fingerprint density at radius 1 is 0.941 bits per heavy atom. The van der Waals surface area contributed by atoms with Crippen molar-refractivity contribution in [2.24, 2.45) is 0 Å². The van der Waals surface area contributed by atoms with Gasteiger partial charge in [-0.15, -0.1) is 11.8 Å².